The molecule has 0 saturated heterocycles. The van der Waals surface area contributed by atoms with Gasteiger partial charge in [-0.1, -0.05) is 49.1 Å². The summed E-state index contributed by atoms with van der Waals surface area (Å²) in [5.74, 6) is -0.236. The number of carboxylic acid groups (broad SMARTS) is 1. The Balaban J connectivity index is 1.65. The van der Waals surface area contributed by atoms with E-state index in [1.807, 2.05) is 25.1 Å². The Kier molecular flexibility index (Phi) is 7.15. The van der Waals surface area contributed by atoms with Crippen LogP contribution in [0.25, 0.3) is 5.57 Å². The molecule has 2 aromatic rings. The first-order valence-electron chi connectivity index (χ1n) is 11.8. The molecular weight excluding hydrogens is 441 g/mol. The maximum Gasteiger partial charge on any atom is 0.416 e. The lowest BCUT2D eigenvalue weighted by atomic mass is 9.80. The number of carboxylic acids is 1. The quantitative estimate of drug-likeness (QED) is 0.467. The first-order valence-corrected chi connectivity index (χ1v) is 11.8. The van der Waals surface area contributed by atoms with Crippen LogP contribution >= 0.6 is 0 Å². The van der Waals surface area contributed by atoms with Gasteiger partial charge in [0.25, 0.3) is 0 Å². The van der Waals surface area contributed by atoms with Gasteiger partial charge in [0, 0.05) is 11.5 Å². The SMILES string of the molecule is CC1=CC=C(c2cc(C(F)(F)F)ccc2OCC2CCCCC2)CC1c1cccc(C(=O)O)c1. The monoisotopic (exact) mass is 470 g/mol. The minimum Gasteiger partial charge on any atom is -0.493 e. The van der Waals surface area contributed by atoms with Gasteiger partial charge in [-0.3, -0.25) is 0 Å². The minimum atomic E-state index is -4.45. The van der Waals surface area contributed by atoms with E-state index in [2.05, 4.69) is 0 Å². The maximum absolute atomic E-state index is 13.5. The highest BCUT2D eigenvalue weighted by molar-refractivity contribution is 5.88. The fourth-order valence-electron chi connectivity index (χ4n) is 4.91. The van der Waals surface area contributed by atoms with E-state index >= 15 is 0 Å². The summed E-state index contributed by atoms with van der Waals surface area (Å²) in [4.78, 5) is 11.4. The van der Waals surface area contributed by atoms with Crippen LogP contribution in [0.4, 0.5) is 13.2 Å². The van der Waals surface area contributed by atoms with Crippen molar-refractivity contribution in [2.45, 2.75) is 57.5 Å². The number of alkyl halides is 3. The molecule has 180 valence electrons. The molecule has 34 heavy (non-hydrogen) atoms. The third kappa shape index (κ3) is 5.54. The van der Waals surface area contributed by atoms with Gasteiger partial charge in [-0.25, -0.2) is 4.79 Å². The highest BCUT2D eigenvalue weighted by Crippen LogP contribution is 2.43. The molecule has 1 unspecified atom stereocenters. The molecule has 1 N–H and O–H groups in total. The smallest absolute Gasteiger partial charge is 0.416 e. The number of benzene rings is 2. The number of hydrogen-bond acceptors (Lipinski definition) is 2. The Morgan fingerprint density at radius 1 is 1.06 bits per heavy atom. The normalized spacial score (nSPS) is 19.4. The van der Waals surface area contributed by atoms with Gasteiger partial charge in [0.15, 0.2) is 0 Å². The second-order valence-corrected chi connectivity index (χ2v) is 9.31. The van der Waals surface area contributed by atoms with Crippen molar-refractivity contribution >= 4 is 11.5 Å². The van der Waals surface area contributed by atoms with E-state index in [1.165, 1.54) is 37.5 Å². The Bertz CT molecular complexity index is 1110. The average Bonchev–Trinajstić information content (AvgIpc) is 2.83. The predicted molar refractivity (Wildman–Crippen MR) is 126 cm³/mol. The van der Waals surface area contributed by atoms with Gasteiger partial charge >= 0.3 is 12.1 Å². The van der Waals surface area contributed by atoms with E-state index in [4.69, 9.17) is 4.74 Å². The molecule has 0 amide bonds. The third-order valence-electron chi connectivity index (χ3n) is 6.91. The van der Waals surface area contributed by atoms with Gasteiger partial charge in [-0.15, -0.1) is 0 Å². The Labute approximate surface area is 198 Å². The van der Waals surface area contributed by atoms with Crippen molar-refractivity contribution in [3.8, 4) is 5.75 Å². The lowest BCUT2D eigenvalue weighted by molar-refractivity contribution is -0.137. The summed E-state index contributed by atoms with van der Waals surface area (Å²) in [5, 5.41) is 9.36. The molecule has 1 atom stereocenters. The summed E-state index contributed by atoms with van der Waals surface area (Å²) in [7, 11) is 0. The molecule has 1 fully saturated rings. The molecule has 0 spiro atoms. The average molecular weight is 471 g/mol. The number of ether oxygens (including phenoxy) is 1. The molecule has 0 heterocycles. The molecule has 0 aromatic heterocycles. The first-order chi connectivity index (χ1) is 16.2. The van der Waals surface area contributed by atoms with E-state index in [0.29, 0.717) is 30.3 Å². The molecule has 0 bridgehead atoms. The lowest BCUT2D eigenvalue weighted by Gasteiger charge is -2.27. The molecule has 2 aliphatic carbocycles. The van der Waals surface area contributed by atoms with Crippen LogP contribution in [0.5, 0.6) is 5.75 Å². The van der Waals surface area contributed by atoms with Crippen LogP contribution < -0.4 is 4.74 Å². The predicted octanol–water partition coefficient (Wildman–Crippen LogP) is 7.88. The van der Waals surface area contributed by atoms with E-state index in [9.17, 15) is 23.1 Å². The molecule has 2 aliphatic rings. The molecular formula is C28H29F3O3. The van der Waals surface area contributed by atoms with E-state index in [0.717, 1.165) is 35.6 Å². The highest BCUT2D eigenvalue weighted by Gasteiger charge is 2.32. The van der Waals surface area contributed by atoms with Crippen LogP contribution in [0.1, 0.15) is 78.4 Å². The van der Waals surface area contributed by atoms with Gasteiger partial charge in [0.1, 0.15) is 5.75 Å². The van der Waals surface area contributed by atoms with E-state index in [-0.39, 0.29) is 11.5 Å². The van der Waals surface area contributed by atoms with Crippen molar-refractivity contribution in [3.05, 3.63) is 82.4 Å². The molecule has 0 radical (unpaired) electrons. The fourth-order valence-corrected chi connectivity index (χ4v) is 4.91. The van der Waals surface area contributed by atoms with Crippen LogP contribution in [-0.2, 0) is 6.18 Å². The van der Waals surface area contributed by atoms with Crippen molar-refractivity contribution in [2.75, 3.05) is 6.61 Å². The summed E-state index contributed by atoms with van der Waals surface area (Å²) in [5.41, 5.74) is 2.55. The summed E-state index contributed by atoms with van der Waals surface area (Å²) >= 11 is 0. The molecule has 1 saturated carbocycles. The second kappa shape index (κ2) is 10.1. The van der Waals surface area contributed by atoms with Crippen molar-refractivity contribution in [3.63, 3.8) is 0 Å². The summed E-state index contributed by atoms with van der Waals surface area (Å²) in [6, 6.07) is 10.4. The number of allylic oxidation sites excluding steroid dienone is 4. The molecule has 2 aromatic carbocycles. The van der Waals surface area contributed by atoms with Gasteiger partial charge in [-0.05, 0) is 73.6 Å². The Hall–Kier alpha value is -3.02. The van der Waals surface area contributed by atoms with Gasteiger partial charge in [0.05, 0.1) is 17.7 Å². The minimum absolute atomic E-state index is 0.125. The van der Waals surface area contributed by atoms with Crippen LogP contribution in [0.3, 0.4) is 0 Å². The third-order valence-corrected chi connectivity index (χ3v) is 6.91. The van der Waals surface area contributed by atoms with Crippen molar-refractivity contribution in [2.24, 2.45) is 5.92 Å². The number of rotatable bonds is 6. The highest BCUT2D eigenvalue weighted by atomic mass is 19.4. The molecule has 4 rings (SSSR count). The lowest BCUT2D eigenvalue weighted by Crippen LogP contribution is -2.16. The zero-order valence-corrected chi connectivity index (χ0v) is 19.2. The van der Waals surface area contributed by atoms with Crippen LogP contribution in [0.2, 0.25) is 0 Å². The van der Waals surface area contributed by atoms with Gasteiger partial charge in [0.2, 0.25) is 0 Å². The zero-order valence-electron chi connectivity index (χ0n) is 19.2. The standard InChI is InChI=1S/C28H29F3O3/c1-18-10-11-21(15-24(18)20-8-5-9-22(14-20)27(32)33)25-16-23(28(29,30)31)12-13-26(25)34-17-19-6-3-2-4-7-19/h5,8-14,16,19,24H,2-4,6-7,15,17H2,1H3,(H,32,33). The molecule has 3 nitrogen and oxygen atoms in total. The van der Waals surface area contributed by atoms with E-state index < -0.39 is 17.7 Å². The summed E-state index contributed by atoms with van der Waals surface area (Å²) < 4.78 is 46.7. The number of carbonyl (C=O) groups is 1. The van der Waals surface area contributed by atoms with Crippen LogP contribution in [0, 0.1) is 5.92 Å². The Morgan fingerprint density at radius 3 is 2.53 bits per heavy atom. The van der Waals surface area contributed by atoms with Crippen molar-refractivity contribution in [1.82, 2.24) is 0 Å². The maximum atomic E-state index is 13.5. The number of aromatic carboxylic acids is 1. The fraction of sp³-hybridized carbons (Fsp3) is 0.393. The zero-order chi connectivity index (χ0) is 24.3. The summed E-state index contributed by atoms with van der Waals surface area (Å²) in [6.45, 7) is 2.46. The van der Waals surface area contributed by atoms with Gasteiger partial charge in [-0.2, -0.15) is 13.2 Å². The topological polar surface area (TPSA) is 46.5 Å². The van der Waals surface area contributed by atoms with Crippen LogP contribution in [0.15, 0.2) is 60.2 Å². The molecule has 0 aliphatic heterocycles. The number of halogens is 3. The number of hydrogen-bond donors (Lipinski definition) is 1. The van der Waals surface area contributed by atoms with Crippen molar-refractivity contribution < 1.29 is 27.8 Å². The first kappa shape index (κ1) is 24.1. The van der Waals surface area contributed by atoms with Gasteiger partial charge < -0.3 is 9.84 Å². The van der Waals surface area contributed by atoms with Crippen LogP contribution in [-0.4, -0.2) is 17.7 Å². The largest absolute Gasteiger partial charge is 0.493 e. The Morgan fingerprint density at radius 2 is 1.82 bits per heavy atom. The van der Waals surface area contributed by atoms with Crippen molar-refractivity contribution in [1.29, 1.82) is 0 Å². The molecule has 6 heteroatoms. The second-order valence-electron chi connectivity index (χ2n) is 9.31. The summed E-state index contributed by atoms with van der Waals surface area (Å²) in [6.07, 6.45) is 5.51. The van der Waals surface area contributed by atoms with E-state index in [1.54, 1.807) is 12.1 Å².